The molecule has 0 spiro atoms. The highest BCUT2D eigenvalue weighted by Gasteiger charge is 2.10. The van der Waals surface area contributed by atoms with Crippen molar-refractivity contribution in [3.63, 3.8) is 0 Å². The highest BCUT2D eigenvalue weighted by molar-refractivity contribution is 5.04. The van der Waals surface area contributed by atoms with Gasteiger partial charge in [0, 0.05) is 0 Å². The van der Waals surface area contributed by atoms with Crippen molar-refractivity contribution in [1.82, 2.24) is 0 Å². The van der Waals surface area contributed by atoms with E-state index in [1.54, 1.807) is 6.08 Å². The molecule has 0 fully saturated rings. The first-order valence-corrected chi connectivity index (χ1v) is 9.32. The SMILES string of the molecule is CC(=CCO)C(O)CCC(C)CCCC(C)CCCC(C)C. The van der Waals surface area contributed by atoms with E-state index in [9.17, 15) is 5.11 Å². The Morgan fingerprint density at radius 1 is 0.818 bits per heavy atom. The zero-order valence-electron chi connectivity index (χ0n) is 15.6. The molecule has 0 amide bonds. The average Bonchev–Trinajstić information content (AvgIpc) is 2.44. The van der Waals surface area contributed by atoms with Gasteiger partial charge in [0.15, 0.2) is 0 Å². The summed E-state index contributed by atoms with van der Waals surface area (Å²) in [4.78, 5) is 0. The highest BCUT2D eigenvalue weighted by atomic mass is 16.3. The van der Waals surface area contributed by atoms with Gasteiger partial charge >= 0.3 is 0 Å². The van der Waals surface area contributed by atoms with E-state index >= 15 is 0 Å². The molecule has 2 N–H and O–H groups in total. The van der Waals surface area contributed by atoms with Gasteiger partial charge in [0.25, 0.3) is 0 Å². The molecule has 0 aliphatic rings. The Hall–Kier alpha value is -0.340. The molecule has 0 radical (unpaired) electrons. The summed E-state index contributed by atoms with van der Waals surface area (Å²) >= 11 is 0. The summed E-state index contributed by atoms with van der Waals surface area (Å²) in [7, 11) is 0. The van der Waals surface area contributed by atoms with Crippen LogP contribution < -0.4 is 0 Å². The van der Waals surface area contributed by atoms with Crippen LogP contribution in [0.4, 0.5) is 0 Å². The second kappa shape index (κ2) is 13.1. The molecule has 0 heterocycles. The van der Waals surface area contributed by atoms with E-state index in [2.05, 4.69) is 27.7 Å². The van der Waals surface area contributed by atoms with E-state index in [0.29, 0.717) is 5.92 Å². The Kier molecular flexibility index (Phi) is 12.9. The fraction of sp³-hybridized carbons (Fsp3) is 0.900. The van der Waals surface area contributed by atoms with Crippen molar-refractivity contribution in [2.45, 2.75) is 92.1 Å². The zero-order chi connectivity index (χ0) is 17.0. The summed E-state index contributed by atoms with van der Waals surface area (Å²) in [5.74, 6) is 2.37. The molecule has 0 bridgehead atoms. The molecule has 3 atom stereocenters. The maximum Gasteiger partial charge on any atom is 0.0748 e. The van der Waals surface area contributed by atoms with Gasteiger partial charge in [-0.25, -0.2) is 0 Å². The van der Waals surface area contributed by atoms with Crippen LogP contribution in [0.3, 0.4) is 0 Å². The summed E-state index contributed by atoms with van der Waals surface area (Å²) < 4.78 is 0. The Bertz CT molecular complexity index is 283. The van der Waals surface area contributed by atoms with Crippen molar-refractivity contribution in [1.29, 1.82) is 0 Å². The molecule has 0 aromatic heterocycles. The van der Waals surface area contributed by atoms with Crippen LogP contribution in [0.15, 0.2) is 11.6 Å². The molecular formula is C20H40O2. The minimum atomic E-state index is -0.385. The molecule has 3 unspecified atom stereocenters. The van der Waals surface area contributed by atoms with Crippen LogP contribution in [0.2, 0.25) is 0 Å². The van der Waals surface area contributed by atoms with Gasteiger partial charge in [0.2, 0.25) is 0 Å². The Labute approximate surface area is 139 Å². The van der Waals surface area contributed by atoms with Crippen LogP contribution in [0.5, 0.6) is 0 Å². The quantitative estimate of drug-likeness (QED) is 0.451. The van der Waals surface area contributed by atoms with Crippen molar-refractivity contribution >= 4 is 0 Å². The smallest absolute Gasteiger partial charge is 0.0748 e. The first-order chi connectivity index (χ1) is 10.4. The van der Waals surface area contributed by atoms with Crippen LogP contribution in [0, 0.1) is 17.8 Å². The number of aliphatic hydroxyl groups is 2. The van der Waals surface area contributed by atoms with E-state index in [1.807, 2.05) is 6.92 Å². The highest BCUT2D eigenvalue weighted by Crippen LogP contribution is 2.22. The molecule has 0 aliphatic carbocycles. The summed E-state index contributed by atoms with van der Waals surface area (Å²) in [6.45, 7) is 11.2. The fourth-order valence-electron chi connectivity index (χ4n) is 2.93. The predicted octanol–water partition coefficient (Wildman–Crippen LogP) is 5.33. The number of hydrogen-bond acceptors (Lipinski definition) is 2. The van der Waals surface area contributed by atoms with Gasteiger partial charge in [-0.3, -0.25) is 0 Å². The van der Waals surface area contributed by atoms with Crippen molar-refractivity contribution in [3.05, 3.63) is 11.6 Å². The van der Waals surface area contributed by atoms with Gasteiger partial charge in [-0.1, -0.05) is 72.3 Å². The minimum absolute atomic E-state index is 0.0210. The second-order valence-electron chi connectivity index (χ2n) is 7.69. The summed E-state index contributed by atoms with van der Waals surface area (Å²) in [6.07, 6.45) is 11.2. The molecular weight excluding hydrogens is 272 g/mol. The topological polar surface area (TPSA) is 40.5 Å². The van der Waals surface area contributed by atoms with Gasteiger partial charge < -0.3 is 10.2 Å². The monoisotopic (exact) mass is 312 g/mol. The molecule has 0 saturated carbocycles. The van der Waals surface area contributed by atoms with Crippen molar-refractivity contribution in [2.75, 3.05) is 6.61 Å². The van der Waals surface area contributed by atoms with Crippen molar-refractivity contribution in [2.24, 2.45) is 17.8 Å². The minimum Gasteiger partial charge on any atom is -0.392 e. The third kappa shape index (κ3) is 12.2. The molecule has 22 heavy (non-hydrogen) atoms. The lowest BCUT2D eigenvalue weighted by Gasteiger charge is -2.17. The molecule has 132 valence electrons. The number of aliphatic hydroxyl groups excluding tert-OH is 2. The lowest BCUT2D eigenvalue weighted by atomic mass is 9.91. The average molecular weight is 313 g/mol. The summed E-state index contributed by atoms with van der Waals surface area (Å²) in [5.41, 5.74) is 0.897. The Morgan fingerprint density at radius 3 is 1.82 bits per heavy atom. The first kappa shape index (κ1) is 21.7. The molecule has 2 heteroatoms. The largest absolute Gasteiger partial charge is 0.392 e. The summed E-state index contributed by atoms with van der Waals surface area (Å²) in [6, 6.07) is 0. The first-order valence-electron chi connectivity index (χ1n) is 9.32. The molecule has 0 saturated heterocycles. The molecule has 0 aliphatic heterocycles. The number of rotatable bonds is 13. The third-order valence-corrected chi connectivity index (χ3v) is 4.74. The Morgan fingerprint density at radius 2 is 1.32 bits per heavy atom. The second-order valence-corrected chi connectivity index (χ2v) is 7.69. The molecule has 0 aromatic rings. The van der Waals surface area contributed by atoms with E-state index in [-0.39, 0.29) is 12.7 Å². The van der Waals surface area contributed by atoms with Gasteiger partial charge in [-0.15, -0.1) is 0 Å². The van der Waals surface area contributed by atoms with E-state index in [4.69, 9.17) is 5.11 Å². The predicted molar refractivity (Wildman–Crippen MR) is 97.0 cm³/mol. The van der Waals surface area contributed by atoms with Gasteiger partial charge in [0.05, 0.1) is 12.7 Å². The van der Waals surface area contributed by atoms with Crippen molar-refractivity contribution < 1.29 is 10.2 Å². The summed E-state index contributed by atoms with van der Waals surface area (Å²) in [5, 5.41) is 18.8. The lowest BCUT2D eigenvalue weighted by molar-refractivity contribution is 0.186. The van der Waals surface area contributed by atoms with Gasteiger partial charge in [-0.2, -0.15) is 0 Å². The standard InChI is InChI=1S/C20H40O2/c1-16(2)8-6-9-17(3)10-7-11-18(4)12-13-20(22)19(5)14-15-21/h14,16-18,20-22H,6-13,15H2,1-5H3. The van der Waals surface area contributed by atoms with E-state index < -0.39 is 0 Å². The van der Waals surface area contributed by atoms with Crippen molar-refractivity contribution in [3.8, 4) is 0 Å². The van der Waals surface area contributed by atoms with Crippen LogP contribution in [0.1, 0.15) is 86.0 Å². The molecule has 2 nitrogen and oxygen atoms in total. The Balaban J connectivity index is 3.68. The number of hydrogen-bond donors (Lipinski definition) is 2. The fourth-order valence-corrected chi connectivity index (χ4v) is 2.93. The van der Waals surface area contributed by atoms with Crippen LogP contribution >= 0.6 is 0 Å². The molecule has 0 rings (SSSR count). The maximum atomic E-state index is 9.97. The normalized spacial score (nSPS) is 16.8. The van der Waals surface area contributed by atoms with Crippen LogP contribution in [-0.4, -0.2) is 22.9 Å². The maximum absolute atomic E-state index is 9.97. The molecule has 0 aromatic carbocycles. The third-order valence-electron chi connectivity index (χ3n) is 4.74. The van der Waals surface area contributed by atoms with Crippen LogP contribution in [0.25, 0.3) is 0 Å². The van der Waals surface area contributed by atoms with Gasteiger partial charge in [0.1, 0.15) is 0 Å². The zero-order valence-corrected chi connectivity index (χ0v) is 15.6. The lowest BCUT2D eigenvalue weighted by Crippen LogP contribution is -2.11. The van der Waals surface area contributed by atoms with E-state index in [0.717, 1.165) is 30.3 Å². The van der Waals surface area contributed by atoms with E-state index in [1.165, 1.54) is 38.5 Å². The van der Waals surface area contributed by atoms with Gasteiger partial charge in [-0.05, 0) is 43.1 Å². The van der Waals surface area contributed by atoms with Crippen LogP contribution in [-0.2, 0) is 0 Å².